The van der Waals surface area contributed by atoms with Gasteiger partial charge in [-0.3, -0.25) is 4.79 Å². The normalized spacial score (nSPS) is 11.8. The van der Waals surface area contributed by atoms with E-state index in [4.69, 9.17) is 4.74 Å². The number of rotatable bonds is 7. The van der Waals surface area contributed by atoms with E-state index in [1.807, 2.05) is 25.1 Å². The number of esters is 1. The van der Waals surface area contributed by atoms with E-state index in [0.717, 1.165) is 24.5 Å². The Balaban J connectivity index is 2.68. The van der Waals surface area contributed by atoms with Crippen LogP contribution in [0.25, 0.3) is 0 Å². The smallest absolute Gasteiger partial charge is 0.309 e. The monoisotopic (exact) mass is 265 g/mol. The number of ether oxygens (including phenoxy) is 2. The summed E-state index contributed by atoms with van der Waals surface area (Å²) in [5.41, 5.74) is 1.13. The lowest BCUT2D eigenvalue weighted by atomic mass is 10.2. The Morgan fingerprint density at radius 2 is 2.00 bits per heavy atom. The third-order valence-corrected chi connectivity index (χ3v) is 2.97. The predicted octanol–water partition coefficient (Wildman–Crippen LogP) is 2.86. The lowest BCUT2D eigenvalue weighted by Crippen LogP contribution is -2.22. The van der Waals surface area contributed by atoms with Crippen molar-refractivity contribution in [2.75, 3.05) is 25.1 Å². The van der Waals surface area contributed by atoms with Crippen LogP contribution in [0.2, 0.25) is 0 Å². The van der Waals surface area contributed by atoms with E-state index >= 15 is 0 Å². The van der Waals surface area contributed by atoms with Crippen molar-refractivity contribution in [1.29, 1.82) is 0 Å². The Morgan fingerprint density at radius 3 is 2.58 bits per heavy atom. The lowest BCUT2D eigenvalue weighted by Gasteiger charge is -2.22. The second-order valence-corrected chi connectivity index (χ2v) is 4.38. The van der Waals surface area contributed by atoms with Gasteiger partial charge in [0, 0.05) is 24.8 Å². The summed E-state index contributed by atoms with van der Waals surface area (Å²) in [5, 5.41) is 0. The van der Waals surface area contributed by atoms with Gasteiger partial charge in [0.05, 0.1) is 13.5 Å². The molecule has 0 saturated heterocycles. The number of hydrogen-bond donors (Lipinski definition) is 0. The molecule has 0 heterocycles. The topological polar surface area (TPSA) is 38.8 Å². The molecule has 106 valence electrons. The number of methoxy groups -OCH3 is 1. The second-order valence-electron chi connectivity index (χ2n) is 4.38. The van der Waals surface area contributed by atoms with Gasteiger partial charge in [-0.15, -0.1) is 0 Å². The zero-order valence-corrected chi connectivity index (χ0v) is 12.2. The van der Waals surface area contributed by atoms with Crippen LogP contribution in [0.4, 0.5) is 5.69 Å². The summed E-state index contributed by atoms with van der Waals surface area (Å²) < 4.78 is 10.4. The zero-order valence-electron chi connectivity index (χ0n) is 12.2. The first-order valence-electron chi connectivity index (χ1n) is 6.69. The standard InChI is InChI=1S/C15H23NO3/c1-5-16(6-2)13-8-7-9-14(11-13)19-12(3)10-15(17)18-4/h7-9,11-12H,5-6,10H2,1-4H3. The van der Waals surface area contributed by atoms with E-state index in [1.165, 1.54) is 7.11 Å². The van der Waals surface area contributed by atoms with Gasteiger partial charge < -0.3 is 14.4 Å². The molecule has 0 aliphatic heterocycles. The molecule has 1 aromatic rings. The third-order valence-electron chi connectivity index (χ3n) is 2.97. The van der Waals surface area contributed by atoms with E-state index in [1.54, 1.807) is 0 Å². The molecule has 0 amide bonds. The van der Waals surface area contributed by atoms with Crippen molar-refractivity contribution in [1.82, 2.24) is 0 Å². The maximum Gasteiger partial charge on any atom is 0.309 e. The highest BCUT2D eigenvalue weighted by atomic mass is 16.5. The molecule has 1 rings (SSSR count). The van der Waals surface area contributed by atoms with Crippen LogP contribution in [0, 0.1) is 0 Å². The fourth-order valence-corrected chi connectivity index (χ4v) is 1.93. The molecule has 1 unspecified atom stereocenters. The van der Waals surface area contributed by atoms with Crippen molar-refractivity contribution in [3.63, 3.8) is 0 Å². The van der Waals surface area contributed by atoms with E-state index in [9.17, 15) is 4.79 Å². The molecule has 0 aliphatic rings. The first kappa shape index (κ1) is 15.3. The van der Waals surface area contributed by atoms with Crippen LogP contribution in [0.3, 0.4) is 0 Å². The van der Waals surface area contributed by atoms with Crippen molar-refractivity contribution in [3.8, 4) is 5.75 Å². The molecular weight excluding hydrogens is 242 g/mol. The van der Waals surface area contributed by atoms with E-state index < -0.39 is 0 Å². The minimum absolute atomic E-state index is 0.195. The summed E-state index contributed by atoms with van der Waals surface area (Å²) in [5.74, 6) is 0.521. The Morgan fingerprint density at radius 1 is 1.32 bits per heavy atom. The molecule has 4 heteroatoms. The minimum Gasteiger partial charge on any atom is -0.490 e. The molecule has 0 aromatic heterocycles. The average Bonchev–Trinajstić information content (AvgIpc) is 2.40. The SMILES string of the molecule is CCN(CC)c1cccc(OC(C)CC(=O)OC)c1. The highest BCUT2D eigenvalue weighted by Crippen LogP contribution is 2.22. The van der Waals surface area contributed by atoms with Crippen LogP contribution >= 0.6 is 0 Å². The number of carbonyl (C=O) groups excluding carboxylic acids is 1. The fourth-order valence-electron chi connectivity index (χ4n) is 1.93. The fraction of sp³-hybridized carbons (Fsp3) is 0.533. The molecule has 1 atom stereocenters. The lowest BCUT2D eigenvalue weighted by molar-refractivity contribution is -0.142. The Labute approximate surface area is 115 Å². The van der Waals surface area contributed by atoms with Gasteiger partial charge >= 0.3 is 5.97 Å². The van der Waals surface area contributed by atoms with Crippen LogP contribution in [-0.4, -0.2) is 32.3 Å². The highest BCUT2D eigenvalue weighted by molar-refractivity contribution is 5.69. The number of benzene rings is 1. The number of anilines is 1. The van der Waals surface area contributed by atoms with Crippen molar-refractivity contribution in [2.24, 2.45) is 0 Å². The van der Waals surface area contributed by atoms with Crippen LogP contribution in [0.1, 0.15) is 27.2 Å². The molecule has 19 heavy (non-hydrogen) atoms. The number of carbonyl (C=O) groups is 1. The van der Waals surface area contributed by atoms with Crippen LogP contribution < -0.4 is 9.64 Å². The van der Waals surface area contributed by atoms with Crippen molar-refractivity contribution in [3.05, 3.63) is 24.3 Å². The van der Waals surface area contributed by atoms with Crippen molar-refractivity contribution in [2.45, 2.75) is 33.3 Å². The molecule has 0 N–H and O–H groups in total. The summed E-state index contributed by atoms with van der Waals surface area (Å²) in [7, 11) is 1.38. The molecule has 0 radical (unpaired) electrons. The third kappa shape index (κ3) is 4.81. The largest absolute Gasteiger partial charge is 0.490 e. The van der Waals surface area contributed by atoms with Crippen LogP contribution in [0.5, 0.6) is 5.75 Å². The maximum atomic E-state index is 11.2. The van der Waals surface area contributed by atoms with E-state index in [0.29, 0.717) is 0 Å². The maximum absolute atomic E-state index is 11.2. The highest BCUT2D eigenvalue weighted by Gasteiger charge is 2.11. The van der Waals surface area contributed by atoms with Crippen molar-refractivity contribution < 1.29 is 14.3 Å². The van der Waals surface area contributed by atoms with Gasteiger partial charge in [-0.2, -0.15) is 0 Å². The van der Waals surface area contributed by atoms with E-state index in [2.05, 4.69) is 29.6 Å². The summed E-state index contributed by atoms with van der Waals surface area (Å²) in [6, 6.07) is 7.93. The van der Waals surface area contributed by atoms with Gasteiger partial charge in [0.2, 0.25) is 0 Å². The van der Waals surface area contributed by atoms with Gasteiger partial charge in [-0.25, -0.2) is 0 Å². The van der Waals surface area contributed by atoms with Gasteiger partial charge in [-0.05, 0) is 32.9 Å². The molecule has 0 fully saturated rings. The van der Waals surface area contributed by atoms with Gasteiger partial charge in [-0.1, -0.05) is 6.07 Å². The first-order chi connectivity index (χ1) is 9.10. The van der Waals surface area contributed by atoms with Crippen molar-refractivity contribution >= 4 is 11.7 Å². The van der Waals surface area contributed by atoms with Crippen LogP contribution in [-0.2, 0) is 9.53 Å². The van der Waals surface area contributed by atoms with E-state index in [-0.39, 0.29) is 18.5 Å². The Bertz CT molecular complexity index is 402. The molecule has 0 saturated carbocycles. The first-order valence-corrected chi connectivity index (χ1v) is 6.69. The summed E-state index contributed by atoms with van der Waals surface area (Å²) in [6.45, 7) is 8.02. The van der Waals surface area contributed by atoms with Gasteiger partial charge in [0.15, 0.2) is 0 Å². The minimum atomic E-state index is -0.257. The summed E-state index contributed by atoms with van der Waals surface area (Å²) in [6.07, 6.45) is 0.0610. The van der Waals surface area contributed by atoms with Crippen LogP contribution in [0.15, 0.2) is 24.3 Å². The zero-order chi connectivity index (χ0) is 14.3. The molecular formula is C15H23NO3. The van der Waals surface area contributed by atoms with Gasteiger partial charge in [0.25, 0.3) is 0 Å². The summed E-state index contributed by atoms with van der Waals surface area (Å²) >= 11 is 0. The number of hydrogen-bond acceptors (Lipinski definition) is 4. The Hall–Kier alpha value is -1.71. The summed E-state index contributed by atoms with van der Waals surface area (Å²) in [4.78, 5) is 13.4. The molecule has 0 aliphatic carbocycles. The average molecular weight is 265 g/mol. The molecule has 1 aromatic carbocycles. The Kier molecular flexibility index (Phi) is 6.19. The second kappa shape index (κ2) is 7.67. The number of nitrogens with zero attached hydrogens (tertiary/aromatic N) is 1. The quantitative estimate of drug-likeness (QED) is 0.711. The molecule has 4 nitrogen and oxygen atoms in total. The molecule has 0 spiro atoms. The molecule has 0 bridgehead atoms. The van der Waals surface area contributed by atoms with Gasteiger partial charge in [0.1, 0.15) is 11.9 Å². The predicted molar refractivity (Wildman–Crippen MR) is 76.7 cm³/mol.